The van der Waals surface area contributed by atoms with E-state index in [-0.39, 0.29) is 18.9 Å². The predicted octanol–water partition coefficient (Wildman–Crippen LogP) is 1.68. The molecule has 0 aliphatic carbocycles. The fourth-order valence-electron chi connectivity index (χ4n) is 2.13. The zero-order valence-electron chi connectivity index (χ0n) is 13.0. The summed E-state index contributed by atoms with van der Waals surface area (Å²) in [7, 11) is 0. The zero-order chi connectivity index (χ0) is 16.9. The Morgan fingerprint density at radius 2 is 2.00 bits per heavy atom. The van der Waals surface area contributed by atoms with E-state index in [1.165, 1.54) is 0 Å². The topological polar surface area (TPSA) is 83.3 Å². The van der Waals surface area contributed by atoms with Crippen molar-refractivity contribution in [1.82, 2.24) is 15.0 Å². The lowest BCUT2D eigenvalue weighted by atomic mass is 10.2. The molecule has 1 aromatic heterocycles. The molecule has 0 amide bonds. The number of benzene rings is 2. The maximum Gasteiger partial charge on any atom is 0.345 e. The van der Waals surface area contributed by atoms with E-state index in [0.717, 1.165) is 10.2 Å². The molecule has 0 aliphatic rings. The second kappa shape index (κ2) is 6.91. The second-order valence-electron chi connectivity index (χ2n) is 5.16. The van der Waals surface area contributed by atoms with Crippen LogP contribution in [0.2, 0.25) is 0 Å². The number of ether oxygens (including phenoxy) is 2. The molecule has 0 saturated heterocycles. The van der Waals surface area contributed by atoms with Gasteiger partial charge >= 0.3 is 5.97 Å². The third-order valence-corrected chi connectivity index (χ3v) is 3.32. The van der Waals surface area contributed by atoms with Gasteiger partial charge in [0.05, 0.1) is 5.39 Å². The zero-order valence-corrected chi connectivity index (χ0v) is 13.0. The van der Waals surface area contributed by atoms with Crippen LogP contribution in [-0.2, 0) is 16.3 Å². The summed E-state index contributed by atoms with van der Waals surface area (Å²) < 4.78 is 11.3. The molecule has 1 heterocycles. The maximum atomic E-state index is 12.2. The first-order valence-corrected chi connectivity index (χ1v) is 7.31. The lowest BCUT2D eigenvalue weighted by molar-refractivity contribution is -0.150. The van der Waals surface area contributed by atoms with Crippen molar-refractivity contribution in [2.24, 2.45) is 0 Å². The fraction of sp³-hybridized carbons (Fsp3) is 0.176. The highest BCUT2D eigenvalue weighted by atomic mass is 16.6. The van der Waals surface area contributed by atoms with E-state index in [9.17, 15) is 9.59 Å². The van der Waals surface area contributed by atoms with Crippen molar-refractivity contribution in [3.05, 3.63) is 64.4 Å². The van der Waals surface area contributed by atoms with E-state index < -0.39 is 5.97 Å². The molecular weight excluding hydrogens is 310 g/mol. The monoisotopic (exact) mass is 325 g/mol. The number of hydrogen-bond acceptors (Lipinski definition) is 6. The number of rotatable bonds is 5. The van der Waals surface area contributed by atoms with Crippen LogP contribution in [0.5, 0.6) is 5.75 Å². The molecule has 0 unspecified atom stereocenters. The second-order valence-corrected chi connectivity index (χ2v) is 5.16. The van der Waals surface area contributed by atoms with Gasteiger partial charge in [-0.3, -0.25) is 4.79 Å². The van der Waals surface area contributed by atoms with Gasteiger partial charge in [0.2, 0.25) is 0 Å². The number of esters is 1. The molecule has 0 saturated carbocycles. The van der Waals surface area contributed by atoms with E-state index in [2.05, 4.69) is 10.3 Å². The minimum Gasteiger partial charge on any atom is -0.482 e. The molecule has 7 heteroatoms. The highest BCUT2D eigenvalue weighted by molar-refractivity contribution is 5.76. The lowest BCUT2D eigenvalue weighted by Crippen LogP contribution is -2.27. The molecule has 0 atom stereocenters. The summed E-state index contributed by atoms with van der Waals surface area (Å²) in [6, 6.07) is 14.2. The Labute approximate surface area is 137 Å². The summed E-state index contributed by atoms with van der Waals surface area (Å²) in [6.45, 7) is 1.36. The number of aromatic nitrogens is 3. The summed E-state index contributed by atoms with van der Waals surface area (Å²) in [5.41, 5.74) is 1.15. The first-order chi connectivity index (χ1) is 11.6. The third-order valence-electron chi connectivity index (χ3n) is 3.32. The molecule has 0 N–H and O–H groups in total. The van der Waals surface area contributed by atoms with E-state index in [1.807, 2.05) is 25.1 Å². The molecule has 122 valence electrons. The number of carbonyl (C=O) groups is 1. The van der Waals surface area contributed by atoms with Crippen molar-refractivity contribution >= 4 is 16.9 Å². The average molecular weight is 325 g/mol. The normalized spacial score (nSPS) is 10.5. The molecule has 0 fully saturated rings. The number of carbonyl (C=O) groups excluding carboxylic acids is 1. The van der Waals surface area contributed by atoms with Gasteiger partial charge in [0.25, 0.3) is 5.56 Å². The molecular formula is C17H15N3O4. The van der Waals surface area contributed by atoms with Crippen LogP contribution in [0.1, 0.15) is 5.56 Å². The van der Waals surface area contributed by atoms with E-state index >= 15 is 0 Å². The number of hydrogen-bond donors (Lipinski definition) is 0. The van der Waals surface area contributed by atoms with Crippen LogP contribution in [0.25, 0.3) is 10.9 Å². The van der Waals surface area contributed by atoms with Gasteiger partial charge in [0, 0.05) is 0 Å². The Hall–Kier alpha value is -3.22. The molecule has 7 nitrogen and oxygen atoms in total. The predicted molar refractivity (Wildman–Crippen MR) is 86.6 cm³/mol. The van der Waals surface area contributed by atoms with Crippen LogP contribution in [0.15, 0.2) is 53.3 Å². The van der Waals surface area contributed by atoms with Gasteiger partial charge in [-0.05, 0) is 36.8 Å². The van der Waals surface area contributed by atoms with Crippen LogP contribution in [-0.4, -0.2) is 27.6 Å². The molecule has 2 aromatic carbocycles. The van der Waals surface area contributed by atoms with E-state index in [4.69, 9.17) is 9.47 Å². The van der Waals surface area contributed by atoms with Crippen LogP contribution in [0, 0.1) is 6.92 Å². The van der Waals surface area contributed by atoms with Crippen LogP contribution in [0.3, 0.4) is 0 Å². The van der Waals surface area contributed by atoms with Crippen LogP contribution in [0.4, 0.5) is 0 Å². The van der Waals surface area contributed by atoms with Crippen molar-refractivity contribution in [3.8, 4) is 5.75 Å². The molecule has 0 radical (unpaired) electrons. The summed E-state index contributed by atoms with van der Waals surface area (Å²) in [6.07, 6.45) is 0. The van der Waals surface area contributed by atoms with Gasteiger partial charge in [-0.25, -0.2) is 4.79 Å². The lowest BCUT2D eigenvalue weighted by Gasteiger charge is -2.08. The summed E-state index contributed by atoms with van der Waals surface area (Å²) in [5, 5.41) is 8.07. The summed E-state index contributed by atoms with van der Waals surface area (Å²) >= 11 is 0. The largest absolute Gasteiger partial charge is 0.482 e. The maximum absolute atomic E-state index is 12.2. The highest BCUT2D eigenvalue weighted by Gasteiger charge is 2.08. The van der Waals surface area contributed by atoms with Gasteiger partial charge in [0.15, 0.2) is 13.3 Å². The first kappa shape index (κ1) is 15.7. The Balaban J connectivity index is 1.60. The molecule has 0 spiro atoms. The van der Waals surface area contributed by atoms with Gasteiger partial charge in [-0.15, -0.1) is 5.10 Å². The van der Waals surface area contributed by atoms with Gasteiger partial charge < -0.3 is 9.47 Å². The van der Waals surface area contributed by atoms with Gasteiger partial charge in [-0.2, -0.15) is 4.68 Å². The number of fused-ring (bicyclic) bond motifs is 1. The molecule has 3 aromatic rings. The van der Waals surface area contributed by atoms with E-state index in [1.54, 1.807) is 30.3 Å². The minimum absolute atomic E-state index is 0.251. The molecule has 3 rings (SSSR count). The fourth-order valence-corrected chi connectivity index (χ4v) is 2.13. The van der Waals surface area contributed by atoms with Crippen LogP contribution >= 0.6 is 0 Å². The Kier molecular flexibility index (Phi) is 4.51. The standard InChI is InChI=1S/C17H15N3O4/c1-12-5-4-6-13(9-12)23-10-16(21)24-11-20-17(22)14-7-2-3-8-15(14)18-19-20/h2-9H,10-11H2,1H3. The van der Waals surface area contributed by atoms with Crippen molar-refractivity contribution in [2.75, 3.05) is 6.61 Å². The number of aryl methyl sites for hydroxylation is 1. The highest BCUT2D eigenvalue weighted by Crippen LogP contribution is 2.12. The minimum atomic E-state index is -0.599. The smallest absolute Gasteiger partial charge is 0.345 e. The number of nitrogens with zero attached hydrogens (tertiary/aromatic N) is 3. The Morgan fingerprint density at radius 1 is 1.17 bits per heavy atom. The van der Waals surface area contributed by atoms with Crippen molar-refractivity contribution in [3.63, 3.8) is 0 Å². The third kappa shape index (κ3) is 3.57. The Morgan fingerprint density at radius 3 is 2.83 bits per heavy atom. The van der Waals surface area contributed by atoms with E-state index in [0.29, 0.717) is 16.7 Å². The quantitative estimate of drug-likeness (QED) is 0.664. The van der Waals surface area contributed by atoms with Crippen LogP contribution < -0.4 is 10.3 Å². The first-order valence-electron chi connectivity index (χ1n) is 7.31. The summed E-state index contributed by atoms with van der Waals surface area (Å²) in [4.78, 5) is 23.9. The van der Waals surface area contributed by atoms with Crippen molar-refractivity contribution in [1.29, 1.82) is 0 Å². The van der Waals surface area contributed by atoms with Crippen molar-refractivity contribution < 1.29 is 14.3 Å². The van der Waals surface area contributed by atoms with Gasteiger partial charge in [0.1, 0.15) is 11.3 Å². The van der Waals surface area contributed by atoms with Gasteiger partial charge in [-0.1, -0.05) is 29.5 Å². The molecule has 24 heavy (non-hydrogen) atoms. The SMILES string of the molecule is Cc1cccc(OCC(=O)OCn2nnc3ccccc3c2=O)c1. The molecule has 0 aliphatic heterocycles. The Bertz CT molecular complexity index is 936. The molecule has 0 bridgehead atoms. The summed E-state index contributed by atoms with van der Waals surface area (Å²) in [5.74, 6) is -0.0204. The average Bonchev–Trinajstić information content (AvgIpc) is 2.60. The van der Waals surface area contributed by atoms with Crippen molar-refractivity contribution in [2.45, 2.75) is 13.7 Å².